The number of hydrogen-bond acceptors (Lipinski definition) is 2. The van der Waals surface area contributed by atoms with E-state index in [-0.39, 0.29) is 6.04 Å². The van der Waals surface area contributed by atoms with E-state index in [1.807, 2.05) is 0 Å². The fraction of sp³-hybridized carbons (Fsp3) is 0.231. The molecule has 2 N–H and O–H groups in total. The van der Waals surface area contributed by atoms with Crippen LogP contribution >= 0.6 is 27.3 Å². The molecule has 0 spiro atoms. The van der Waals surface area contributed by atoms with Gasteiger partial charge in [-0.05, 0) is 41.4 Å². The highest BCUT2D eigenvalue weighted by Gasteiger charge is 2.14. The molecule has 0 amide bonds. The Kier molecular flexibility index (Phi) is 3.47. The predicted octanol–water partition coefficient (Wildman–Crippen LogP) is 4.18. The molecule has 1 heterocycles. The Morgan fingerprint density at radius 2 is 2.00 bits per heavy atom. The Morgan fingerprint density at radius 3 is 2.56 bits per heavy atom. The third kappa shape index (κ3) is 2.37. The molecule has 0 aliphatic heterocycles. The van der Waals surface area contributed by atoms with Gasteiger partial charge in [-0.25, -0.2) is 0 Å². The zero-order chi connectivity index (χ0) is 11.7. The summed E-state index contributed by atoms with van der Waals surface area (Å²) in [6.45, 7) is 4.19. The summed E-state index contributed by atoms with van der Waals surface area (Å²) in [5.41, 5.74) is 8.70. The van der Waals surface area contributed by atoms with Crippen molar-refractivity contribution < 1.29 is 0 Å². The first-order chi connectivity index (χ1) is 7.58. The fourth-order valence-corrected chi connectivity index (χ4v) is 3.66. The number of rotatable bonds is 2. The van der Waals surface area contributed by atoms with Crippen LogP contribution in [0.5, 0.6) is 0 Å². The van der Waals surface area contributed by atoms with Crippen LogP contribution < -0.4 is 5.73 Å². The predicted molar refractivity (Wildman–Crippen MR) is 74.0 cm³/mol. The van der Waals surface area contributed by atoms with Crippen molar-refractivity contribution in [2.45, 2.75) is 19.9 Å². The normalized spacial score (nSPS) is 12.8. The maximum absolute atomic E-state index is 6.28. The van der Waals surface area contributed by atoms with E-state index in [4.69, 9.17) is 5.73 Å². The van der Waals surface area contributed by atoms with Gasteiger partial charge >= 0.3 is 0 Å². The van der Waals surface area contributed by atoms with E-state index in [1.54, 1.807) is 11.3 Å². The Labute approximate surface area is 108 Å². The first-order valence-electron chi connectivity index (χ1n) is 5.16. The van der Waals surface area contributed by atoms with Crippen molar-refractivity contribution in [2.75, 3.05) is 0 Å². The quantitative estimate of drug-likeness (QED) is 0.884. The van der Waals surface area contributed by atoms with Gasteiger partial charge in [0.05, 0.1) is 6.04 Å². The highest BCUT2D eigenvalue weighted by atomic mass is 79.9. The summed E-state index contributed by atoms with van der Waals surface area (Å²) in [4.78, 5) is 2.48. The van der Waals surface area contributed by atoms with E-state index in [9.17, 15) is 0 Å². The number of halogens is 1. The molecule has 1 aromatic carbocycles. The molecule has 0 aliphatic carbocycles. The van der Waals surface area contributed by atoms with Crippen LogP contribution in [-0.4, -0.2) is 0 Å². The van der Waals surface area contributed by atoms with E-state index in [1.165, 1.54) is 20.9 Å². The monoisotopic (exact) mass is 295 g/mol. The highest BCUT2D eigenvalue weighted by molar-refractivity contribution is 9.10. The molecule has 0 aliphatic rings. The van der Waals surface area contributed by atoms with Crippen molar-refractivity contribution in [3.63, 3.8) is 0 Å². The molecule has 0 bridgehead atoms. The number of nitrogens with two attached hydrogens (primary N) is 1. The molecule has 1 unspecified atom stereocenters. The molecule has 1 atom stereocenters. The van der Waals surface area contributed by atoms with Gasteiger partial charge in [0.2, 0.25) is 0 Å². The van der Waals surface area contributed by atoms with Crippen LogP contribution in [0, 0.1) is 13.8 Å². The summed E-state index contributed by atoms with van der Waals surface area (Å²) in [6.07, 6.45) is 0. The Morgan fingerprint density at radius 1 is 1.25 bits per heavy atom. The Hall–Kier alpha value is -0.640. The highest BCUT2D eigenvalue weighted by Crippen LogP contribution is 2.34. The average Bonchev–Trinajstić information content (AvgIpc) is 2.57. The van der Waals surface area contributed by atoms with Crippen molar-refractivity contribution in [1.82, 2.24) is 0 Å². The molecule has 16 heavy (non-hydrogen) atoms. The van der Waals surface area contributed by atoms with Gasteiger partial charge in [-0.3, -0.25) is 0 Å². The molecule has 1 nitrogen and oxygen atoms in total. The molecule has 0 saturated heterocycles. The third-order valence-corrected chi connectivity index (χ3v) is 4.57. The maximum Gasteiger partial charge on any atom is 0.0657 e. The van der Waals surface area contributed by atoms with Gasteiger partial charge in [0.15, 0.2) is 0 Å². The van der Waals surface area contributed by atoms with Crippen molar-refractivity contribution in [1.29, 1.82) is 0 Å². The molecule has 1 aromatic heterocycles. The van der Waals surface area contributed by atoms with Gasteiger partial charge in [-0.15, -0.1) is 11.3 Å². The molecule has 0 saturated carbocycles. The molecule has 2 aromatic rings. The lowest BCUT2D eigenvalue weighted by molar-refractivity contribution is 0.887. The number of thiophene rings is 1. The van der Waals surface area contributed by atoms with Crippen LogP contribution in [0.2, 0.25) is 0 Å². The van der Waals surface area contributed by atoms with Gasteiger partial charge in [0.25, 0.3) is 0 Å². The van der Waals surface area contributed by atoms with Crippen molar-refractivity contribution in [2.24, 2.45) is 5.73 Å². The first kappa shape index (κ1) is 11.8. The largest absolute Gasteiger partial charge is 0.320 e. The second-order valence-corrected chi connectivity index (χ2v) is 6.10. The Bertz CT molecular complexity index is 504. The molecular weight excluding hydrogens is 282 g/mol. The summed E-state index contributed by atoms with van der Waals surface area (Å²) in [6, 6.07) is 10.5. The van der Waals surface area contributed by atoms with E-state index >= 15 is 0 Å². The molecule has 0 radical (unpaired) electrons. The minimum Gasteiger partial charge on any atom is -0.320 e. The van der Waals surface area contributed by atoms with Crippen LogP contribution in [-0.2, 0) is 0 Å². The minimum atomic E-state index is -0.0343. The topological polar surface area (TPSA) is 26.0 Å². The molecule has 84 valence electrons. The molecule has 3 heteroatoms. The van der Waals surface area contributed by atoms with Crippen molar-refractivity contribution in [3.8, 4) is 0 Å². The lowest BCUT2D eigenvalue weighted by Crippen LogP contribution is -2.10. The lowest BCUT2D eigenvalue weighted by Gasteiger charge is -2.11. The summed E-state index contributed by atoms with van der Waals surface area (Å²) in [5.74, 6) is 0. The van der Waals surface area contributed by atoms with Crippen molar-refractivity contribution in [3.05, 3.63) is 55.7 Å². The van der Waals surface area contributed by atoms with Gasteiger partial charge in [-0.1, -0.05) is 29.8 Å². The molecule has 0 fully saturated rings. The number of aryl methyl sites for hydroxylation is 2. The smallest absolute Gasteiger partial charge is 0.0657 e. The standard InChI is InChI=1S/C13H14BrNS/c1-8-4-3-5-10(6-8)12(15)13-11(14)7-9(2)16-13/h3-7,12H,15H2,1-2H3. The molecule has 2 rings (SSSR count). The maximum atomic E-state index is 6.28. The summed E-state index contributed by atoms with van der Waals surface area (Å²) >= 11 is 5.32. The summed E-state index contributed by atoms with van der Waals surface area (Å²) in [7, 11) is 0. The van der Waals surface area contributed by atoms with Crippen LogP contribution in [0.3, 0.4) is 0 Å². The first-order valence-corrected chi connectivity index (χ1v) is 6.77. The Balaban J connectivity index is 2.38. The van der Waals surface area contributed by atoms with Gasteiger partial charge in [-0.2, -0.15) is 0 Å². The summed E-state index contributed by atoms with van der Waals surface area (Å²) < 4.78 is 1.11. The van der Waals surface area contributed by atoms with E-state index in [0.717, 1.165) is 4.47 Å². The average molecular weight is 296 g/mol. The number of benzene rings is 1. The summed E-state index contributed by atoms with van der Waals surface area (Å²) in [5, 5.41) is 0. The minimum absolute atomic E-state index is 0.0343. The second kappa shape index (κ2) is 4.70. The van der Waals surface area contributed by atoms with Gasteiger partial charge in [0, 0.05) is 14.2 Å². The molecular formula is C13H14BrNS. The van der Waals surface area contributed by atoms with E-state index < -0.39 is 0 Å². The van der Waals surface area contributed by atoms with Crippen LogP contribution in [0.1, 0.15) is 26.9 Å². The van der Waals surface area contributed by atoms with Crippen molar-refractivity contribution >= 4 is 27.3 Å². The fourth-order valence-electron chi connectivity index (χ4n) is 1.73. The third-order valence-electron chi connectivity index (χ3n) is 2.52. The zero-order valence-corrected chi connectivity index (χ0v) is 11.7. The van der Waals surface area contributed by atoms with Gasteiger partial charge < -0.3 is 5.73 Å². The SMILES string of the molecule is Cc1cccc(C(N)c2sc(C)cc2Br)c1. The lowest BCUT2D eigenvalue weighted by atomic mass is 10.0. The second-order valence-electron chi connectivity index (χ2n) is 3.96. The van der Waals surface area contributed by atoms with E-state index in [2.05, 4.69) is 60.1 Å². The van der Waals surface area contributed by atoms with Crippen LogP contribution in [0.25, 0.3) is 0 Å². The van der Waals surface area contributed by atoms with Crippen LogP contribution in [0.4, 0.5) is 0 Å². The van der Waals surface area contributed by atoms with Gasteiger partial charge in [0.1, 0.15) is 0 Å². The number of hydrogen-bond donors (Lipinski definition) is 1. The van der Waals surface area contributed by atoms with E-state index in [0.29, 0.717) is 0 Å². The zero-order valence-electron chi connectivity index (χ0n) is 9.33. The van der Waals surface area contributed by atoms with Crippen LogP contribution in [0.15, 0.2) is 34.8 Å².